The average molecular weight is 484 g/mol. The van der Waals surface area contributed by atoms with Crippen LogP contribution in [0.25, 0.3) is 11.3 Å². The number of benzene rings is 2. The monoisotopic (exact) mass is 483 g/mol. The van der Waals surface area contributed by atoms with E-state index >= 15 is 0 Å². The Balaban J connectivity index is 1.87. The van der Waals surface area contributed by atoms with Gasteiger partial charge in [-0.05, 0) is 30.7 Å². The standard InChI is InChI=1S/C20H17BrF3N3OS/c1-2-10-27(18(28)25-16-9-4-3-8-15(16)20(22,23)24)19-26-17(12-29-19)13-6-5-7-14(21)11-13/h3-9,11-12H,2,10H2,1H3,(H,25,28). The first kappa shape index (κ1) is 21.3. The van der Waals surface area contributed by atoms with Crippen molar-refractivity contribution < 1.29 is 18.0 Å². The number of amides is 2. The van der Waals surface area contributed by atoms with Crippen LogP contribution in [-0.4, -0.2) is 17.6 Å². The fraction of sp³-hybridized carbons (Fsp3) is 0.200. The van der Waals surface area contributed by atoms with Gasteiger partial charge in [-0.25, -0.2) is 9.78 Å². The topological polar surface area (TPSA) is 45.2 Å². The highest BCUT2D eigenvalue weighted by Crippen LogP contribution is 2.35. The molecule has 0 bridgehead atoms. The first-order valence-electron chi connectivity index (χ1n) is 8.76. The predicted octanol–water partition coefficient (Wildman–Crippen LogP) is 7.04. The van der Waals surface area contributed by atoms with Crippen molar-refractivity contribution in [1.82, 2.24) is 4.98 Å². The number of anilines is 2. The minimum Gasteiger partial charge on any atom is -0.307 e. The molecule has 0 fully saturated rings. The number of carbonyl (C=O) groups is 1. The summed E-state index contributed by atoms with van der Waals surface area (Å²) in [5.41, 5.74) is 0.394. The molecule has 3 aromatic rings. The zero-order valence-electron chi connectivity index (χ0n) is 15.3. The van der Waals surface area contributed by atoms with Crippen molar-refractivity contribution in [2.45, 2.75) is 19.5 Å². The SMILES string of the molecule is CCCN(C(=O)Nc1ccccc1C(F)(F)F)c1nc(-c2cccc(Br)c2)cs1. The molecular formula is C20H17BrF3N3OS. The number of alkyl halides is 3. The van der Waals surface area contributed by atoms with Gasteiger partial charge >= 0.3 is 12.2 Å². The normalized spacial score (nSPS) is 11.3. The highest BCUT2D eigenvalue weighted by atomic mass is 79.9. The lowest BCUT2D eigenvalue weighted by Gasteiger charge is -2.21. The fourth-order valence-electron chi connectivity index (χ4n) is 2.70. The zero-order chi connectivity index (χ0) is 21.0. The molecule has 152 valence electrons. The fourth-order valence-corrected chi connectivity index (χ4v) is 3.96. The molecule has 9 heteroatoms. The lowest BCUT2D eigenvalue weighted by Crippen LogP contribution is -2.36. The van der Waals surface area contributed by atoms with Crippen molar-refractivity contribution in [2.75, 3.05) is 16.8 Å². The van der Waals surface area contributed by atoms with Crippen LogP contribution in [0.2, 0.25) is 0 Å². The molecule has 0 saturated heterocycles. The number of aromatic nitrogens is 1. The number of carbonyl (C=O) groups excluding carboxylic acids is 1. The minimum absolute atomic E-state index is 0.283. The largest absolute Gasteiger partial charge is 0.418 e. The Kier molecular flexibility index (Phi) is 6.59. The summed E-state index contributed by atoms with van der Waals surface area (Å²) in [5, 5.41) is 4.62. The number of urea groups is 1. The van der Waals surface area contributed by atoms with Gasteiger partial charge in [0.15, 0.2) is 5.13 Å². The minimum atomic E-state index is -4.56. The molecule has 0 aliphatic heterocycles. The summed E-state index contributed by atoms with van der Waals surface area (Å²) in [7, 11) is 0. The van der Waals surface area contributed by atoms with Gasteiger partial charge in [0.05, 0.1) is 16.9 Å². The number of rotatable bonds is 5. The van der Waals surface area contributed by atoms with Crippen molar-refractivity contribution in [1.29, 1.82) is 0 Å². The second-order valence-corrected chi connectivity index (χ2v) is 7.90. The highest BCUT2D eigenvalue weighted by molar-refractivity contribution is 9.10. The van der Waals surface area contributed by atoms with Gasteiger partial charge < -0.3 is 5.32 Å². The van der Waals surface area contributed by atoms with E-state index in [1.807, 2.05) is 36.6 Å². The van der Waals surface area contributed by atoms with Crippen molar-refractivity contribution >= 4 is 44.1 Å². The molecule has 3 rings (SSSR count). The Labute approximate surface area is 178 Å². The molecular weight excluding hydrogens is 467 g/mol. The number of nitrogens with zero attached hydrogens (tertiary/aromatic N) is 2. The van der Waals surface area contributed by atoms with Crippen molar-refractivity contribution in [3.63, 3.8) is 0 Å². The average Bonchev–Trinajstić information content (AvgIpc) is 3.15. The number of hydrogen-bond donors (Lipinski definition) is 1. The highest BCUT2D eigenvalue weighted by Gasteiger charge is 2.34. The van der Waals surface area contributed by atoms with E-state index in [-0.39, 0.29) is 5.69 Å². The van der Waals surface area contributed by atoms with Gasteiger partial charge in [-0.1, -0.05) is 47.1 Å². The summed E-state index contributed by atoms with van der Waals surface area (Å²) in [4.78, 5) is 18.7. The molecule has 1 aromatic heterocycles. The Morgan fingerprint density at radius 2 is 1.97 bits per heavy atom. The Bertz CT molecular complexity index is 1010. The van der Waals surface area contributed by atoms with Crippen LogP contribution in [0.3, 0.4) is 0 Å². The molecule has 0 saturated carbocycles. The Morgan fingerprint density at radius 1 is 1.21 bits per heavy atom. The van der Waals surface area contributed by atoms with Crippen LogP contribution in [0.5, 0.6) is 0 Å². The lowest BCUT2D eigenvalue weighted by atomic mass is 10.1. The van der Waals surface area contributed by atoms with E-state index in [2.05, 4.69) is 26.2 Å². The zero-order valence-corrected chi connectivity index (χ0v) is 17.7. The van der Waals surface area contributed by atoms with Crippen molar-refractivity contribution in [3.8, 4) is 11.3 Å². The van der Waals surface area contributed by atoms with Gasteiger partial charge in [-0.15, -0.1) is 11.3 Å². The molecule has 4 nitrogen and oxygen atoms in total. The van der Waals surface area contributed by atoms with Crippen LogP contribution in [0.4, 0.5) is 28.8 Å². The first-order valence-corrected chi connectivity index (χ1v) is 10.4. The first-order chi connectivity index (χ1) is 13.8. The van der Waals surface area contributed by atoms with Gasteiger partial charge in [-0.3, -0.25) is 4.90 Å². The summed E-state index contributed by atoms with van der Waals surface area (Å²) in [6.07, 6.45) is -3.94. The molecule has 0 aliphatic carbocycles. The van der Waals surface area contributed by atoms with E-state index in [1.165, 1.54) is 34.4 Å². The van der Waals surface area contributed by atoms with Crippen LogP contribution in [0.1, 0.15) is 18.9 Å². The molecule has 1 N–H and O–H groups in total. The lowest BCUT2D eigenvalue weighted by molar-refractivity contribution is -0.136. The van der Waals surface area contributed by atoms with E-state index in [1.54, 1.807) is 0 Å². The third-order valence-electron chi connectivity index (χ3n) is 4.01. The van der Waals surface area contributed by atoms with Crippen LogP contribution >= 0.6 is 27.3 Å². The summed E-state index contributed by atoms with van der Waals surface area (Å²) in [6.45, 7) is 2.21. The molecule has 0 radical (unpaired) electrons. The maximum absolute atomic E-state index is 13.2. The van der Waals surface area contributed by atoms with Gasteiger partial charge in [-0.2, -0.15) is 13.2 Å². The van der Waals surface area contributed by atoms with E-state index in [0.29, 0.717) is 23.8 Å². The molecule has 29 heavy (non-hydrogen) atoms. The van der Waals surface area contributed by atoms with Crippen LogP contribution in [0.15, 0.2) is 58.4 Å². The molecule has 0 aliphatic rings. The third-order valence-corrected chi connectivity index (χ3v) is 5.37. The van der Waals surface area contributed by atoms with Crippen LogP contribution in [-0.2, 0) is 6.18 Å². The number of para-hydroxylation sites is 1. The number of nitrogens with one attached hydrogen (secondary N) is 1. The number of hydrogen-bond acceptors (Lipinski definition) is 3. The quantitative estimate of drug-likeness (QED) is 0.422. The summed E-state index contributed by atoms with van der Waals surface area (Å²) in [5.74, 6) is 0. The molecule has 0 atom stereocenters. The predicted molar refractivity (Wildman–Crippen MR) is 113 cm³/mol. The second kappa shape index (κ2) is 8.96. The Morgan fingerprint density at radius 3 is 2.66 bits per heavy atom. The Hall–Kier alpha value is -2.39. The van der Waals surface area contributed by atoms with Crippen molar-refractivity contribution in [3.05, 3.63) is 63.9 Å². The van der Waals surface area contributed by atoms with E-state index in [9.17, 15) is 18.0 Å². The molecule has 0 spiro atoms. The maximum atomic E-state index is 13.2. The van der Waals surface area contributed by atoms with Gasteiger partial charge in [0.2, 0.25) is 0 Å². The smallest absolute Gasteiger partial charge is 0.307 e. The van der Waals surface area contributed by atoms with Crippen LogP contribution in [0, 0.1) is 0 Å². The van der Waals surface area contributed by atoms with Gasteiger partial charge in [0.25, 0.3) is 0 Å². The van der Waals surface area contributed by atoms with Crippen LogP contribution < -0.4 is 10.2 Å². The van der Waals surface area contributed by atoms with E-state index < -0.39 is 17.8 Å². The molecule has 0 unspecified atom stereocenters. The second-order valence-electron chi connectivity index (χ2n) is 6.15. The number of thiazole rings is 1. The van der Waals surface area contributed by atoms with E-state index in [4.69, 9.17) is 0 Å². The third kappa shape index (κ3) is 5.16. The molecule has 1 heterocycles. The van der Waals surface area contributed by atoms with Crippen molar-refractivity contribution in [2.24, 2.45) is 0 Å². The summed E-state index contributed by atoms with van der Waals surface area (Å²) < 4.78 is 40.5. The molecule has 2 amide bonds. The van der Waals surface area contributed by atoms with Gasteiger partial charge in [0.1, 0.15) is 0 Å². The maximum Gasteiger partial charge on any atom is 0.418 e. The van der Waals surface area contributed by atoms with E-state index in [0.717, 1.165) is 16.1 Å². The molecule has 2 aromatic carbocycles. The summed E-state index contributed by atoms with van der Waals surface area (Å²) >= 11 is 4.68. The van der Waals surface area contributed by atoms with Gasteiger partial charge in [0, 0.05) is 22.0 Å². The summed E-state index contributed by atoms with van der Waals surface area (Å²) in [6, 6.07) is 11.8. The number of halogens is 4.